The average Bonchev–Trinajstić information content (AvgIpc) is 3.10. The number of nitrogens with zero attached hydrogens (tertiary/aromatic N) is 2. The fourth-order valence-electron chi connectivity index (χ4n) is 6.05. The van der Waals surface area contributed by atoms with Crippen molar-refractivity contribution in [1.82, 2.24) is 4.76 Å². The molecule has 0 atom stereocenters. The van der Waals surface area contributed by atoms with Crippen molar-refractivity contribution in [3.05, 3.63) is 154 Å². The highest BCUT2D eigenvalue weighted by Crippen LogP contribution is 2.38. The van der Waals surface area contributed by atoms with Crippen LogP contribution in [0.15, 0.2) is 127 Å². The summed E-state index contributed by atoms with van der Waals surface area (Å²) in [6, 6.07) is 40.1. The zero-order valence-electron chi connectivity index (χ0n) is 27.2. The van der Waals surface area contributed by atoms with E-state index in [0.29, 0.717) is 22.7 Å². The van der Waals surface area contributed by atoms with Gasteiger partial charge in [-0.15, -0.1) is 0 Å². The van der Waals surface area contributed by atoms with Gasteiger partial charge in [-0.2, -0.15) is 0 Å². The number of anilines is 2. The summed E-state index contributed by atoms with van der Waals surface area (Å²) >= 11 is 0. The second kappa shape index (κ2) is 13.3. The lowest BCUT2D eigenvalue weighted by molar-refractivity contribution is 0.415. The summed E-state index contributed by atoms with van der Waals surface area (Å²) in [6.45, 7) is 6.18. The van der Waals surface area contributed by atoms with E-state index >= 15 is 0 Å². The molecule has 0 amide bonds. The monoisotopic (exact) mass is 620 g/mol. The molecule has 0 heterocycles. The standard InChI is InChI=1S/C41H36N2O4/c1-27-22-28(2)41(29(3)23-27)34-24-37(42(44)35-14-6-30(7-15-35)32-10-18-39(46-4)19-11-32)26-38(25-34)43(45)36-16-8-31(9-17-36)33-12-20-40(47-5)21-13-33/h6-26H,1-5H3. The Labute approximate surface area is 275 Å². The van der Waals surface area contributed by atoms with Crippen molar-refractivity contribution < 1.29 is 9.47 Å². The first-order chi connectivity index (χ1) is 22.7. The molecule has 234 valence electrons. The number of benzene rings is 6. The SMILES string of the molecule is COc1ccc(-c2ccc(N([O-])c3cc(-c4c(C)cc(C)cc4C)cc([N+](=O)c4ccc(-c5ccc(OC)cc5)cc4)c3)cc2)cc1. The quantitative estimate of drug-likeness (QED) is 0.119. The van der Waals surface area contributed by atoms with Gasteiger partial charge in [0.25, 0.3) is 11.4 Å². The lowest BCUT2D eigenvalue weighted by Gasteiger charge is -2.31. The Bertz CT molecular complexity index is 2010. The number of rotatable bonds is 9. The van der Waals surface area contributed by atoms with Gasteiger partial charge >= 0.3 is 0 Å². The minimum atomic E-state index is 0.366. The molecule has 6 nitrogen and oxygen atoms in total. The van der Waals surface area contributed by atoms with E-state index in [4.69, 9.17) is 9.47 Å². The zero-order chi connectivity index (χ0) is 33.1. The van der Waals surface area contributed by atoms with Crippen LogP contribution in [-0.4, -0.2) is 14.2 Å². The van der Waals surface area contributed by atoms with Gasteiger partial charge in [0.15, 0.2) is 0 Å². The molecule has 0 saturated heterocycles. The molecule has 0 bridgehead atoms. The van der Waals surface area contributed by atoms with Crippen LogP contribution in [0.5, 0.6) is 11.5 Å². The molecule has 6 rings (SSSR count). The van der Waals surface area contributed by atoms with Gasteiger partial charge in [0.2, 0.25) is 0 Å². The molecule has 0 fully saturated rings. The highest BCUT2D eigenvalue weighted by Gasteiger charge is 2.22. The van der Waals surface area contributed by atoms with E-state index < -0.39 is 0 Å². The fourth-order valence-corrected chi connectivity index (χ4v) is 6.05. The molecule has 0 aliphatic heterocycles. The van der Waals surface area contributed by atoms with Crippen molar-refractivity contribution in [3.8, 4) is 44.9 Å². The third kappa shape index (κ3) is 6.64. The molecule has 0 aliphatic rings. The van der Waals surface area contributed by atoms with E-state index in [2.05, 4.69) is 32.9 Å². The van der Waals surface area contributed by atoms with Crippen molar-refractivity contribution in [1.29, 1.82) is 0 Å². The Balaban J connectivity index is 1.36. The van der Waals surface area contributed by atoms with E-state index in [9.17, 15) is 10.1 Å². The number of methoxy groups -OCH3 is 2. The molecule has 0 spiro atoms. The van der Waals surface area contributed by atoms with Crippen LogP contribution in [0.2, 0.25) is 0 Å². The summed E-state index contributed by atoms with van der Waals surface area (Å²) in [5.41, 5.74) is 10.8. The predicted molar refractivity (Wildman–Crippen MR) is 193 cm³/mol. The van der Waals surface area contributed by atoms with Crippen molar-refractivity contribution in [3.63, 3.8) is 0 Å². The lowest BCUT2D eigenvalue weighted by atomic mass is 9.93. The Morgan fingerprint density at radius 1 is 0.511 bits per heavy atom. The molecular formula is C41H36N2O4. The molecular weight excluding hydrogens is 584 g/mol. The van der Waals surface area contributed by atoms with E-state index in [1.807, 2.05) is 84.9 Å². The first-order valence-electron chi connectivity index (χ1n) is 15.4. The molecule has 0 radical (unpaired) electrons. The number of ether oxygens (including phenoxy) is 2. The number of nitroso groups, excluding NO2 is 1. The van der Waals surface area contributed by atoms with Crippen LogP contribution in [0.1, 0.15) is 16.7 Å². The number of hydrogen-bond acceptors (Lipinski definition) is 5. The second-order valence-electron chi connectivity index (χ2n) is 11.7. The number of aryl methyl sites for hydroxylation is 3. The summed E-state index contributed by atoms with van der Waals surface area (Å²) in [5.74, 6) is 1.57. The third-order valence-electron chi connectivity index (χ3n) is 8.39. The lowest BCUT2D eigenvalue weighted by Crippen LogP contribution is -2.08. The highest BCUT2D eigenvalue weighted by molar-refractivity contribution is 5.81. The van der Waals surface area contributed by atoms with Crippen molar-refractivity contribution in [2.45, 2.75) is 20.8 Å². The maximum atomic E-state index is 13.9. The maximum absolute atomic E-state index is 13.9. The van der Waals surface area contributed by atoms with Gasteiger partial charge in [-0.25, -0.2) is 0 Å². The first-order valence-corrected chi connectivity index (χ1v) is 15.4. The second-order valence-corrected chi connectivity index (χ2v) is 11.7. The van der Waals surface area contributed by atoms with E-state index in [1.54, 1.807) is 44.6 Å². The average molecular weight is 621 g/mol. The van der Waals surface area contributed by atoms with Gasteiger partial charge in [-0.3, -0.25) is 0 Å². The molecule has 6 aromatic rings. The van der Waals surface area contributed by atoms with Crippen LogP contribution in [0.3, 0.4) is 0 Å². The largest absolute Gasteiger partial charge is 0.754 e. The molecule has 6 aromatic carbocycles. The molecule has 0 N–H and O–H groups in total. The third-order valence-corrected chi connectivity index (χ3v) is 8.39. The van der Waals surface area contributed by atoms with Crippen LogP contribution < -0.4 is 19.3 Å². The van der Waals surface area contributed by atoms with Gasteiger partial charge in [0.1, 0.15) is 11.5 Å². The number of hydrogen-bond donors (Lipinski definition) is 0. The maximum Gasteiger partial charge on any atom is 0.266 e. The summed E-state index contributed by atoms with van der Waals surface area (Å²) in [6.07, 6.45) is 0. The molecule has 47 heavy (non-hydrogen) atoms. The normalized spacial score (nSPS) is 10.9. The van der Waals surface area contributed by atoms with Crippen LogP contribution >= 0.6 is 0 Å². The van der Waals surface area contributed by atoms with Crippen LogP contribution in [0.25, 0.3) is 33.4 Å². The van der Waals surface area contributed by atoms with E-state index in [1.165, 1.54) is 0 Å². The highest BCUT2D eigenvalue weighted by atomic mass is 16.5. The van der Waals surface area contributed by atoms with E-state index in [0.717, 1.165) is 71.4 Å². The van der Waals surface area contributed by atoms with Crippen LogP contribution in [0.4, 0.5) is 22.7 Å². The predicted octanol–water partition coefficient (Wildman–Crippen LogP) is 10.9. The Hall–Kier alpha value is -5.72. The van der Waals surface area contributed by atoms with Gasteiger partial charge in [-0.05, 0) is 120 Å². The minimum absolute atomic E-state index is 0.366. The van der Waals surface area contributed by atoms with Crippen LogP contribution in [0, 0.1) is 30.9 Å². The molecule has 0 unspecified atom stereocenters. The molecule has 0 aliphatic carbocycles. The van der Waals surface area contributed by atoms with Gasteiger partial charge in [0.05, 0.1) is 19.0 Å². The van der Waals surface area contributed by atoms with Crippen molar-refractivity contribution >= 4 is 22.7 Å². The smallest absolute Gasteiger partial charge is 0.266 e. The summed E-state index contributed by atoms with van der Waals surface area (Å²) in [7, 11) is 3.28. The van der Waals surface area contributed by atoms with Gasteiger partial charge in [-0.1, -0.05) is 54.1 Å². The molecule has 0 aromatic heterocycles. The van der Waals surface area contributed by atoms with Crippen molar-refractivity contribution in [2.24, 2.45) is 0 Å². The molecule has 0 saturated carbocycles. The Morgan fingerprint density at radius 3 is 1.43 bits per heavy atom. The van der Waals surface area contributed by atoms with Crippen molar-refractivity contribution in [2.75, 3.05) is 19.3 Å². The minimum Gasteiger partial charge on any atom is -0.754 e. The summed E-state index contributed by atoms with van der Waals surface area (Å²) in [5, 5.41) is 14.8. The summed E-state index contributed by atoms with van der Waals surface area (Å²) < 4.78 is 11.4. The van der Waals surface area contributed by atoms with Crippen LogP contribution in [-0.2, 0) is 0 Å². The van der Waals surface area contributed by atoms with Gasteiger partial charge in [0, 0.05) is 40.5 Å². The Kier molecular flexibility index (Phi) is 8.87. The van der Waals surface area contributed by atoms with Gasteiger partial charge < -0.3 is 19.7 Å². The summed E-state index contributed by atoms with van der Waals surface area (Å²) in [4.78, 5) is 13.9. The Morgan fingerprint density at radius 2 is 0.957 bits per heavy atom. The topological polar surface area (TPSA) is 64.8 Å². The fraction of sp³-hybridized carbons (Fsp3) is 0.122. The first kappa shape index (κ1) is 31.3. The molecule has 6 heteroatoms. The van der Waals surface area contributed by atoms with E-state index in [-0.39, 0.29) is 0 Å². The zero-order valence-corrected chi connectivity index (χ0v) is 27.2.